The van der Waals surface area contributed by atoms with Gasteiger partial charge in [-0.1, -0.05) is 203 Å². The van der Waals surface area contributed by atoms with E-state index in [1.165, 1.54) is 90.3 Å². The third-order valence-corrected chi connectivity index (χ3v) is 25.8. The zero-order chi connectivity index (χ0) is 57.0. The second-order valence-corrected chi connectivity index (χ2v) is 35.9. The van der Waals surface area contributed by atoms with Crippen molar-refractivity contribution in [1.82, 2.24) is 0 Å². The van der Waals surface area contributed by atoms with E-state index < -0.39 is 0 Å². The Labute approximate surface area is 489 Å². The highest BCUT2D eigenvalue weighted by molar-refractivity contribution is 8.05. The van der Waals surface area contributed by atoms with Crippen LogP contribution in [0.25, 0.3) is 5.57 Å². The van der Waals surface area contributed by atoms with Crippen molar-refractivity contribution in [3.05, 3.63) is 162 Å². The summed E-state index contributed by atoms with van der Waals surface area (Å²) in [6, 6.07) is 21.4. The molecule has 0 saturated heterocycles. The summed E-state index contributed by atoms with van der Waals surface area (Å²) in [6.45, 7) is 51.0. The number of rotatable bonds is 3. The fourth-order valence-electron chi connectivity index (χ4n) is 19.9. The molecular formula is C76H97BN2S. The van der Waals surface area contributed by atoms with Crippen molar-refractivity contribution in [2.45, 2.75) is 246 Å². The van der Waals surface area contributed by atoms with E-state index in [2.05, 4.69) is 239 Å². The van der Waals surface area contributed by atoms with E-state index in [-0.39, 0.29) is 72.2 Å². The molecule has 2 saturated carbocycles. The zero-order valence-corrected chi connectivity index (χ0v) is 54.1. The molecule has 2 fully saturated rings. The summed E-state index contributed by atoms with van der Waals surface area (Å²) >= 11 is 2.24. The molecule has 4 heteroatoms. The van der Waals surface area contributed by atoms with E-state index in [1.54, 1.807) is 66.5 Å². The lowest BCUT2D eigenvalue weighted by Crippen LogP contribution is -2.58. The molecule has 420 valence electrons. The van der Waals surface area contributed by atoms with Crippen LogP contribution >= 0.6 is 11.8 Å². The highest BCUT2D eigenvalue weighted by Crippen LogP contribution is 2.68. The molecule has 0 amide bonds. The fourth-order valence-corrected chi connectivity index (χ4v) is 21.5. The van der Waals surface area contributed by atoms with Gasteiger partial charge in [0.25, 0.3) is 0 Å². The van der Waals surface area contributed by atoms with E-state index in [4.69, 9.17) is 0 Å². The van der Waals surface area contributed by atoms with Crippen molar-refractivity contribution in [3.63, 3.8) is 0 Å². The first kappa shape index (κ1) is 53.8. The predicted octanol–water partition coefficient (Wildman–Crippen LogP) is 19.7. The SMILES string of the molecule is CC1CCC(C)(C)c2cc(N3C4=C(B5C6=C(C=C(c7ccc8c(c7)C(C)(C)CCC8(C)C)CC63)N(C3=CC=C6[C@H](C3)C(C)(C)CC6(C)C)c3cc6c(cc35)C(C)(C)CCC6(C)C)C3C=C5C(=CC3(C)S4)C(C)(C)CC5(C)C)ccc21. The monoisotopic (exact) mass is 1080 g/mol. The van der Waals surface area contributed by atoms with E-state index in [9.17, 15) is 0 Å². The molecule has 5 atom stereocenters. The van der Waals surface area contributed by atoms with Gasteiger partial charge in [0.1, 0.15) is 0 Å². The Morgan fingerprint density at radius 3 is 1.88 bits per heavy atom. The highest BCUT2D eigenvalue weighted by Gasteiger charge is 2.61. The van der Waals surface area contributed by atoms with E-state index in [1.807, 2.05) is 0 Å². The smallest absolute Gasteiger partial charge is 0.244 e. The third-order valence-electron chi connectivity index (χ3n) is 24.4. The first-order chi connectivity index (χ1) is 37.1. The van der Waals surface area contributed by atoms with Crippen molar-refractivity contribution in [1.29, 1.82) is 0 Å². The Morgan fingerprint density at radius 1 is 0.562 bits per heavy atom. The Balaban J connectivity index is 1.10. The molecule has 3 aromatic carbocycles. The van der Waals surface area contributed by atoms with Gasteiger partial charge in [-0.3, -0.25) is 0 Å². The lowest BCUT2D eigenvalue weighted by molar-refractivity contribution is 0.254. The van der Waals surface area contributed by atoms with Gasteiger partial charge in [0.15, 0.2) is 0 Å². The number of thioether (sulfide) groups is 1. The highest BCUT2D eigenvalue weighted by atomic mass is 32.2. The number of fused-ring (bicyclic) bond motifs is 10. The largest absolute Gasteiger partial charge is 0.330 e. The van der Waals surface area contributed by atoms with Gasteiger partial charge < -0.3 is 9.80 Å². The van der Waals surface area contributed by atoms with Gasteiger partial charge in [-0.25, -0.2) is 0 Å². The number of nitrogens with zero attached hydrogens (tertiary/aromatic N) is 2. The first-order valence-corrected chi connectivity index (χ1v) is 32.7. The van der Waals surface area contributed by atoms with Crippen LogP contribution in [0.2, 0.25) is 0 Å². The van der Waals surface area contributed by atoms with Crippen molar-refractivity contribution in [2.24, 2.45) is 33.5 Å². The molecule has 0 radical (unpaired) electrons. The minimum atomic E-state index is -0.135. The van der Waals surface area contributed by atoms with Crippen LogP contribution in [0.5, 0.6) is 0 Å². The fraction of sp³-hybridized carbons (Fsp3) is 0.579. The van der Waals surface area contributed by atoms with Crippen LogP contribution in [0.4, 0.5) is 11.4 Å². The first-order valence-electron chi connectivity index (χ1n) is 31.9. The van der Waals surface area contributed by atoms with Crippen LogP contribution in [0.1, 0.15) is 248 Å². The molecule has 8 aliphatic carbocycles. The third kappa shape index (κ3) is 7.48. The summed E-state index contributed by atoms with van der Waals surface area (Å²) in [5.74, 6) is 1.31. The lowest BCUT2D eigenvalue weighted by atomic mass is 9.29. The van der Waals surface area contributed by atoms with Crippen molar-refractivity contribution >= 4 is 40.9 Å². The summed E-state index contributed by atoms with van der Waals surface area (Å²) in [7, 11) is 0. The molecule has 0 N–H and O–H groups in total. The van der Waals surface area contributed by atoms with Gasteiger partial charge in [-0.2, -0.15) is 0 Å². The maximum atomic E-state index is 3.00. The second kappa shape index (κ2) is 16.4. The number of allylic oxidation sites excluding steroid dienone is 9. The normalized spacial score (nSPS) is 32.1. The summed E-state index contributed by atoms with van der Waals surface area (Å²) in [5.41, 5.74) is 28.9. The van der Waals surface area contributed by atoms with Gasteiger partial charge in [-0.05, 0) is 229 Å². The molecule has 2 nitrogen and oxygen atoms in total. The summed E-state index contributed by atoms with van der Waals surface area (Å²) < 4.78 is -0.135. The van der Waals surface area contributed by atoms with Crippen LogP contribution in [0.15, 0.2) is 123 Å². The standard InChI is InChI=1S/C76H97BN2S/c1-44-27-28-67(2,3)52-36-48(22-24-49(44)52)79-63-35-46(45-21-25-50-53(33-45)69(6,7)30-29-68(50,4)5)34-62-65(63)77(64-58-38-55-59(41-76(58,20)80-66(64)79)75(18,19)43-74(55,16)17)60-39-56-57(71(10,11)32-31-70(56,8)9)40-61(60)78(62)47-23-26-51-54(37-47)73(14,15)42-72(51,12)13/h21-26,33-34,36,38-41,44,54,58,63H,27-32,35,37,42-43H2,1-20H3/t44?,54-,58?,63?,76?/m0/s1. The average molecular weight is 1080 g/mol. The number of hydrogen-bond donors (Lipinski definition) is 0. The van der Waals surface area contributed by atoms with Gasteiger partial charge in [0.05, 0.1) is 11.1 Å². The number of benzene rings is 3. The van der Waals surface area contributed by atoms with Crippen LogP contribution in [-0.4, -0.2) is 17.5 Å². The maximum Gasteiger partial charge on any atom is 0.244 e. The molecule has 3 heterocycles. The molecule has 11 aliphatic rings. The van der Waals surface area contributed by atoms with Crippen molar-refractivity contribution in [2.75, 3.05) is 9.80 Å². The lowest BCUT2D eigenvalue weighted by Gasteiger charge is -2.52. The Hall–Kier alpha value is -4.15. The Kier molecular flexibility index (Phi) is 11.0. The number of anilines is 2. The van der Waals surface area contributed by atoms with Gasteiger partial charge in [0.2, 0.25) is 6.71 Å². The molecule has 3 aliphatic heterocycles. The molecule has 0 spiro atoms. The van der Waals surface area contributed by atoms with Crippen molar-refractivity contribution in [3.8, 4) is 0 Å². The average Bonchev–Trinajstić information content (AvgIpc) is 4.02. The molecule has 0 bridgehead atoms. The van der Waals surface area contributed by atoms with Gasteiger partial charge >= 0.3 is 0 Å². The van der Waals surface area contributed by atoms with Gasteiger partial charge in [0, 0.05) is 33.4 Å². The molecule has 14 rings (SSSR count). The Morgan fingerprint density at radius 2 is 1.19 bits per heavy atom. The van der Waals surface area contributed by atoms with Crippen LogP contribution < -0.4 is 15.3 Å². The molecule has 4 unspecified atom stereocenters. The molecule has 0 aromatic heterocycles. The molecular weight excluding hydrogens is 984 g/mol. The van der Waals surface area contributed by atoms with Crippen LogP contribution in [0.3, 0.4) is 0 Å². The summed E-state index contributed by atoms with van der Waals surface area (Å²) in [6.07, 6.45) is 25.5. The summed E-state index contributed by atoms with van der Waals surface area (Å²) in [4.78, 5) is 5.92. The minimum absolute atomic E-state index is 0.0641. The van der Waals surface area contributed by atoms with Crippen LogP contribution in [-0.2, 0) is 27.1 Å². The molecule has 3 aromatic rings. The topological polar surface area (TPSA) is 6.48 Å². The van der Waals surface area contributed by atoms with E-state index >= 15 is 0 Å². The zero-order valence-electron chi connectivity index (χ0n) is 53.3. The van der Waals surface area contributed by atoms with E-state index in [0.29, 0.717) is 11.8 Å². The maximum absolute atomic E-state index is 3.00. The van der Waals surface area contributed by atoms with Gasteiger partial charge in [-0.15, -0.1) is 0 Å². The predicted molar refractivity (Wildman–Crippen MR) is 346 cm³/mol. The van der Waals surface area contributed by atoms with E-state index in [0.717, 1.165) is 12.8 Å². The summed E-state index contributed by atoms with van der Waals surface area (Å²) in [5, 5.41) is 1.53. The number of hydrogen-bond acceptors (Lipinski definition) is 3. The Bertz CT molecular complexity index is 3520. The second-order valence-electron chi connectivity index (χ2n) is 34.4. The minimum Gasteiger partial charge on any atom is -0.330 e. The van der Waals surface area contributed by atoms with Crippen LogP contribution in [0, 0.1) is 33.5 Å². The molecule has 80 heavy (non-hydrogen) atoms. The quantitative estimate of drug-likeness (QED) is 0.241. The van der Waals surface area contributed by atoms with Crippen molar-refractivity contribution < 1.29 is 0 Å².